The molecule has 0 rings (SSSR count). The van der Waals surface area contributed by atoms with Crippen LogP contribution < -0.4 is 5.32 Å². The van der Waals surface area contributed by atoms with Crippen LogP contribution in [0, 0.1) is 17.3 Å². The Balaban J connectivity index is 3.70. The Morgan fingerprint density at radius 3 is 2.14 bits per heavy atom. The Kier molecular flexibility index (Phi) is 5.13. The van der Waals surface area contributed by atoms with E-state index >= 15 is 0 Å². The highest BCUT2D eigenvalue weighted by atomic mass is 16.4. The van der Waals surface area contributed by atoms with E-state index in [4.69, 9.17) is 5.11 Å². The maximum absolute atomic E-state index is 10.5. The van der Waals surface area contributed by atoms with Crippen LogP contribution in [-0.2, 0) is 4.79 Å². The van der Waals surface area contributed by atoms with Crippen LogP contribution in [0.2, 0.25) is 0 Å². The molecule has 0 saturated heterocycles. The molecule has 84 valence electrons. The van der Waals surface area contributed by atoms with E-state index in [0.717, 1.165) is 6.54 Å². The highest BCUT2D eigenvalue weighted by Crippen LogP contribution is 2.24. The molecule has 0 bridgehead atoms. The van der Waals surface area contributed by atoms with E-state index in [1.807, 2.05) is 0 Å². The Bertz CT molecular complexity index is 184. The predicted octanol–water partition coefficient (Wildman–Crippen LogP) is 1.98. The SMILES string of the molecule is CC(CNCC(C)C(C)(C)C)C(=O)O. The van der Waals surface area contributed by atoms with Crippen LogP contribution in [0.15, 0.2) is 0 Å². The fraction of sp³-hybridized carbons (Fsp3) is 0.909. The Labute approximate surface area is 86.9 Å². The highest BCUT2D eigenvalue weighted by Gasteiger charge is 2.20. The molecular weight excluding hydrogens is 178 g/mol. The third kappa shape index (κ3) is 5.22. The van der Waals surface area contributed by atoms with Crippen molar-refractivity contribution in [2.45, 2.75) is 34.6 Å². The van der Waals surface area contributed by atoms with E-state index in [1.54, 1.807) is 6.92 Å². The normalized spacial score (nSPS) is 16.4. The highest BCUT2D eigenvalue weighted by molar-refractivity contribution is 5.69. The Morgan fingerprint density at radius 2 is 1.79 bits per heavy atom. The zero-order valence-electron chi connectivity index (χ0n) is 9.92. The standard InChI is InChI=1S/C11H23NO2/c1-8(10(13)14)6-12-7-9(2)11(3,4)5/h8-9,12H,6-7H2,1-5H3,(H,13,14). The average Bonchev–Trinajstić information content (AvgIpc) is 2.01. The van der Waals surface area contributed by atoms with Gasteiger partial charge in [0.2, 0.25) is 0 Å². The fourth-order valence-electron chi connectivity index (χ4n) is 0.910. The molecular formula is C11H23NO2. The van der Waals surface area contributed by atoms with Crippen LogP contribution in [0.5, 0.6) is 0 Å². The van der Waals surface area contributed by atoms with E-state index in [-0.39, 0.29) is 11.3 Å². The second-order valence-corrected chi connectivity index (χ2v) is 5.16. The molecule has 0 amide bonds. The van der Waals surface area contributed by atoms with Crippen molar-refractivity contribution in [3.8, 4) is 0 Å². The third-order valence-corrected chi connectivity index (χ3v) is 2.80. The molecule has 0 heterocycles. The molecule has 0 fully saturated rings. The van der Waals surface area contributed by atoms with Crippen LogP contribution in [0.1, 0.15) is 34.6 Å². The van der Waals surface area contributed by atoms with Gasteiger partial charge in [-0.15, -0.1) is 0 Å². The molecule has 0 aromatic carbocycles. The molecule has 3 heteroatoms. The molecule has 0 aromatic heterocycles. The molecule has 2 N–H and O–H groups in total. The van der Waals surface area contributed by atoms with Gasteiger partial charge in [-0.25, -0.2) is 0 Å². The molecule has 2 unspecified atom stereocenters. The van der Waals surface area contributed by atoms with Gasteiger partial charge >= 0.3 is 5.97 Å². The summed E-state index contributed by atoms with van der Waals surface area (Å²) in [5, 5.41) is 11.9. The van der Waals surface area contributed by atoms with Crippen molar-refractivity contribution in [2.75, 3.05) is 13.1 Å². The van der Waals surface area contributed by atoms with Crippen LogP contribution in [0.25, 0.3) is 0 Å². The summed E-state index contributed by atoms with van der Waals surface area (Å²) in [4.78, 5) is 10.5. The maximum Gasteiger partial charge on any atom is 0.307 e. The summed E-state index contributed by atoms with van der Waals surface area (Å²) in [6, 6.07) is 0. The third-order valence-electron chi connectivity index (χ3n) is 2.80. The molecule has 0 spiro atoms. The first-order chi connectivity index (χ1) is 6.25. The van der Waals surface area contributed by atoms with Crippen molar-refractivity contribution in [1.29, 1.82) is 0 Å². The largest absolute Gasteiger partial charge is 0.481 e. The van der Waals surface area contributed by atoms with Gasteiger partial charge in [-0.05, 0) is 17.9 Å². The molecule has 14 heavy (non-hydrogen) atoms. The van der Waals surface area contributed by atoms with Crippen molar-refractivity contribution >= 4 is 5.97 Å². The quantitative estimate of drug-likeness (QED) is 0.715. The van der Waals surface area contributed by atoms with Crippen molar-refractivity contribution in [1.82, 2.24) is 5.32 Å². The second kappa shape index (κ2) is 5.35. The van der Waals surface area contributed by atoms with Gasteiger partial charge in [-0.1, -0.05) is 34.6 Å². The smallest absolute Gasteiger partial charge is 0.307 e. The van der Waals surface area contributed by atoms with Gasteiger partial charge < -0.3 is 10.4 Å². The van der Waals surface area contributed by atoms with Crippen LogP contribution in [0.4, 0.5) is 0 Å². The minimum Gasteiger partial charge on any atom is -0.481 e. The van der Waals surface area contributed by atoms with Gasteiger partial charge in [0.25, 0.3) is 0 Å². The fourth-order valence-corrected chi connectivity index (χ4v) is 0.910. The van der Waals surface area contributed by atoms with Crippen LogP contribution in [-0.4, -0.2) is 24.2 Å². The lowest BCUT2D eigenvalue weighted by Gasteiger charge is -2.27. The van der Waals surface area contributed by atoms with E-state index in [1.165, 1.54) is 0 Å². The van der Waals surface area contributed by atoms with Crippen molar-refractivity contribution in [3.05, 3.63) is 0 Å². The summed E-state index contributed by atoms with van der Waals surface area (Å²) in [6.45, 7) is 11.9. The molecule has 0 saturated carbocycles. The van der Waals surface area contributed by atoms with Gasteiger partial charge in [0, 0.05) is 6.54 Å². The van der Waals surface area contributed by atoms with Crippen molar-refractivity contribution in [2.24, 2.45) is 17.3 Å². The number of aliphatic carboxylic acids is 1. The number of hydrogen-bond acceptors (Lipinski definition) is 2. The van der Waals surface area contributed by atoms with Gasteiger partial charge in [0.05, 0.1) is 5.92 Å². The summed E-state index contributed by atoms with van der Waals surface area (Å²) in [6.07, 6.45) is 0. The zero-order valence-corrected chi connectivity index (χ0v) is 9.92. The minimum atomic E-state index is -0.735. The number of carboxylic acid groups (broad SMARTS) is 1. The molecule has 0 radical (unpaired) electrons. The summed E-state index contributed by atoms with van der Waals surface area (Å²) < 4.78 is 0. The Morgan fingerprint density at radius 1 is 1.29 bits per heavy atom. The number of rotatable bonds is 5. The number of carboxylic acids is 1. The van der Waals surface area contributed by atoms with Crippen LogP contribution >= 0.6 is 0 Å². The molecule has 0 aliphatic rings. The minimum absolute atomic E-state index is 0.277. The predicted molar refractivity (Wildman–Crippen MR) is 58.3 cm³/mol. The molecule has 0 aliphatic heterocycles. The summed E-state index contributed by atoms with van der Waals surface area (Å²) in [7, 11) is 0. The molecule has 3 nitrogen and oxygen atoms in total. The molecule has 0 aromatic rings. The van der Waals surface area contributed by atoms with Crippen LogP contribution in [0.3, 0.4) is 0 Å². The van der Waals surface area contributed by atoms with Gasteiger partial charge in [-0.2, -0.15) is 0 Å². The van der Waals surface area contributed by atoms with Gasteiger partial charge in [0.1, 0.15) is 0 Å². The first-order valence-electron chi connectivity index (χ1n) is 5.18. The molecule has 2 atom stereocenters. The first-order valence-corrected chi connectivity index (χ1v) is 5.18. The number of hydrogen-bond donors (Lipinski definition) is 2. The van der Waals surface area contributed by atoms with E-state index in [0.29, 0.717) is 12.5 Å². The average molecular weight is 201 g/mol. The van der Waals surface area contributed by atoms with Crippen molar-refractivity contribution in [3.63, 3.8) is 0 Å². The summed E-state index contributed by atoms with van der Waals surface area (Å²) in [5.74, 6) is -0.494. The van der Waals surface area contributed by atoms with E-state index in [9.17, 15) is 4.79 Å². The van der Waals surface area contributed by atoms with Gasteiger partial charge in [0.15, 0.2) is 0 Å². The molecule has 0 aliphatic carbocycles. The zero-order chi connectivity index (χ0) is 11.4. The monoisotopic (exact) mass is 201 g/mol. The summed E-state index contributed by atoms with van der Waals surface area (Å²) in [5.41, 5.74) is 0.277. The lowest BCUT2D eigenvalue weighted by molar-refractivity contribution is -0.140. The first kappa shape index (κ1) is 13.4. The topological polar surface area (TPSA) is 49.3 Å². The Hall–Kier alpha value is -0.570. The lowest BCUT2D eigenvalue weighted by atomic mass is 9.82. The summed E-state index contributed by atoms with van der Waals surface area (Å²) >= 11 is 0. The number of nitrogens with one attached hydrogen (secondary N) is 1. The van der Waals surface area contributed by atoms with Gasteiger partial charge in [-0.3, -0.25) is 4.79 Å². The lowest BCUT2D eigenvalue weighted by Crippen LogP contribution is -2.33. The van der Waals surface area contributed by atoms with E-state index in [2.05, 4.69) is 33.0 Å². The second-order valence-electron chi connectivity index (χ2n) is 5.16. The maximum atomic E-state index is 10.5. The van der Waals surface area contributed by atoms with Crippen molar-refractivity contribution < 1.29 is 9.90 Å². The number of carbonyl (C=O) groups is 1. The van der Waals surface area contributed by atoms with E-state index < -0.39 is 5.97 Å².